The van der Waals surface area contributed by atoms with E-state index in [9.17, 15) is 14.9 Å². The number of nitro groups is 1. The second kappa shape index (κ2) is 4.05. The van der Waals surface area contributed by atoms with Gasteiger partial charge in [0.05, 0.1) is 16.8 Å². The molecule has 2 aromatic heterocycles. The highest BCUT2D eigenvalue weighted by molar-refractivity contribution is 5.84. The van der Waals surface area contributed by atoms with Crippen LogP contribution in [0.2, 0.25) is 0 Å². The first-order chi connectivity index (χ1) is 9.15. The van der Waals surface area contributed by atoms with Crippen molar-refractivity contribution in [2.45, 2.75) is 0 Å². The lowest BCUT2D eigenvalue weighted by Gasteiger charge is -2.05. The van der Waals surface area contributed by atoms with Gasteiger partial charge < -0.3 is 9.55 Å². The Morgan fingerprint density at radius 2 is 2.16 bits per heavy atom. The van der Waals surface area contributed by atoms with Gasteiger partial charge in [0.1, 0.15) is 5.69 Å². The number of imidazole rings is 1. The molecule has 3 rings (SSSR count). The van der Waals surface area contributed by atoms with Crippen LogP contribution in [0.1, 0.15) is 0 Å². The topological polar surface area (TPSA) is 93.8 Å². The molecular formula is C12H8N4O3. The fourth-order valence-corrected chi connectivity index (χ4v) is 1.93. The Balaban J connectivity index is 2.37. The number of nitro benzene ring substituents is 1. The van der Waals surface area contributed by atoms with E-state index in [4.69, 9.17) is 0 Å². The molecule has 0 aliphatic carbocycles. The molecule has 0 aliphatic heterocycles. The van der Waals surface area contributed by atoms with Gasteiger partial charge in [0.15, 0.2) is 0 Å². The van der Waals surface area contributed by atoms with Crippen molar-refractivity contribution in [1.29, 1.82) is 0 Å². The van der Waals surface area contributed by atoms with Crippen LogP contribution in [0.25, 0.3) is 16.6 Å². The number of aromatic amines is 1. The van der Waals surface area contributed by atoms with Crippen LogP contribution in [0.15, 0.2) is 47.8 Å². The van der Waals surface area contributed by atoms with Gasteiger partial charge in [-0.1, -0.05) is 0 Å². The van der Waals surface area contributed by atoms with Crippen LogP contribution in [0.3, 0.4) is 0 Å². The zero-order valence-electron chi connectivity index (χ0n) is 9.61. The van der Waals surface area contributed by atoms with Crippen LogP contribution in [-0.2, 0) is 0 Å². The van der Waals surface area contributed by atoms with E-state index in [1.165, 1.54) is 18.5 Å². The predicted molar refractivity (Wildman–Crippen MR) is 68.3 cm³/mol. The fourth-order valence-electron chi connectivity index (χ4n) is 1.93. The molecule has 1 N–H and O–H groups in total. The molecule has 3 aromatic rings. The summed E-state index contributed by atoms with van der Waals surface area (Å²) in [6.07, 6.45) is 4.65. The minimum atomic E-state index is -0.486. The highest BCUT2D eigenvalue weighted by Crippen LogP contribution is 2.27. The van der Waals surface area contributed by atoms with Crippen LogP contribution < -0.4 is 5.56 Å². The number of H-pyrrole nitrogens is 1. The van der Waals surface area contributed by atoms with Gasteiger partial charge in [-0.2, -0.15) is 0 Å². The molecule has 0 saturated carbocycles. The van der Waals surface area contributed by atoms with Gasteiger partial charge in [-0.05, 0) is 12.1 Å². The van der Waals surface area contributed by atoms with Crippen molar-refractivity contribution in [2.24, 2.45) is 0 Å². The maximum atomic E-state index is 11.2. The number of nitrogens with one attached hydrogen (secondary N) is 1. The van der Waals surface area contributed by atoms with E-state index in [0.29, 0.717) is 16.6 Å². The summed E-state index contributed by atoms with van der Waals surface area (Å²) in [6, 6.07) is 6.00. The number of hydrogen-bond acceptors (Lipinski definition) is 4. The Labute approximate surface area is 106 Å². The quantitative estimate of drug-likeness (QED) is 0.556. The van der Waals surface area contributed by atoms with Crippen LogP contribution in [0, 0.1) is 10.1 Å². The lowest BCUT2D eigenvalue weighted by molar-refractivity contribution is -0.384. The van der Waals surface area contributed by atoms with Crippen molar-refractivity contribution < 1.29 is 4.92 Å². The summed E-state index contributed by atoms with van der Waals surface area (Å²) in [7, 11) is 0. The number of rotatable bonds is 2. The molecule has 0 atom stereocenters. The predicted octanol–water partition coefficient (Wildman–Crippen LogP) is 1.62. The molecule has 0 bridgehead atoms. The van der Waals surface area contributed by atoms with E-state index in [-0.39, 0.29) is 11.2 Å². The molecule has 2 heterocycles. The number of hydrogen-bond donors (Lipinski definition) is 1. The summed E-state index contributed by atoms with van der Waals surface area (Å²) in [5.74, 6) is 0. The zero-order chi connectivity index (χ0) is 13.4. The molecule has 0 spiro atoms. The first-order valence-electron chi connectivity index (χ1n) is 5.45. The van der Waals surface area contributed by atoms with E-state index in [2.05, 4.69) is 9.97 Å². The second-order valence-electron chi connectivity index (χ2n) is 3.98. The van der Waals surface area contributed by atoms with Gasteiger partial charge in [0, 0.05) is 29.9 Å². The van der Waals surface area contributed by atoms with E-state index < -0.39 is 4.92 Å². The monoisotopic (exact) mass is 256 g/mol. The standard InChI is InChI=1S/C12H8N4O3/c17-12-2-1-8-5-10(15-4-3-13-7-15)11(16(18)19)6-9(8)14-12/h1-7H,(H,14,17). The first kappa shape index (κ1) is 11.1. The molecule has 0 saturated heterocycles. The number of aromatic nitrogens is 3. The van der Waals surface area contributed by atoms with Crippen molar-refractivity contribution in [1.82, 2.24) is 14.5 Å². The largest absolute Gasteiger partial charge is 0.322 e. The third-order valence-corrected chi connectivity index (χ3v) is 2.80. The van der Waals surface area contributed by atoms with Crippen molar-refractivity contribution in [3.05, 3.63) is 63.5 Å². The fraction of sp³-hybridized carbons (Fsp3) is 0. The van der Waals surface area contributed by atoms with E-state index in [0.717, 1.165) is 0 Å². The molecule has 19 heavy (non-hydrogen) atoms. The number of pyridine rings is 1. The van der Waals surface area contributed by atoms with Crippen LogP contribution >= 0.6 is 0 Å². The molecule has 0 aliphatic rings. The minimum absolute atomic E-state index is 0.0904. The average Bonchev–Trinajstić information content (AvgIpc) is 2.90. The Hall–Kier alpha value is -2.96. The van der Waals surface area contributed by atoms with Gasteiger partial charge >= 0.3 is 0 Å². The Morgan fingerprint density at radius 3 is 2.84 bits per heavy atom. The second-order valence-corrected chi connectivity index (χ2v) is 3.98. The van der Waals surface area contributed by atoms with E-state index >= 15 is 0 Å². The van der Waals surface area contributed by atoms with Crippen LogP contribution in [0.4, 0.5) is 5.69 Å². The van der Waals surface area contributed by atoms with Crippen molar-refractivity contribution >= 4 is 16.6 Å². The summed E-state index contributed by atoms with van der Waals surface area (Å²) in [6.45, 7) is 0. The van der Waals surface area contributed by atoms with E-state index in [1.807, 2.05) is 0 Å². The van der Waals surface area contributed by atoms with Crippen molar-refractivity contribution in [3.63, 3.8) is 0 Å². The molecule has 1 aromatic carbocycles. The SMILES string of the molecule is O=c1ccc2cc(-n3ccnc3)c([N+](=O)[O-])cc2[nH]1. The summed E-state index contributed by atoms with van der Waals surface area (Å²) in [5.41, 5.74) is 0.453. The number of fused-ring (bicyclic) bond motifs is 1. The highest BCUT2D eigenvalue weighted by atomic mass is 16.6. The lowest BCUT2D eigenvalue weighted by Crippen LogP contribution is -2.04. The molecule has 0 fully saturated rings. The highest BCUT2D eigenvalue weighted by Gasteiger charge is 2.16. The third kappa shape index (κ3) is 1.86. The smallest absolute Gasteiger partial charge is 0.295 e. The first-order valence-corrected chi connectivity index (χ1v) is 5.45. The maximum Gasteiger partial charge on any atom is 0.295 e. The Morgan fingerprint density at radius 1 is 1.32 bits per heavy atom. The van der Waals surface area contributed by atoms with Gasteiger partial charge in [0.2, 0.25) is 5.56 Å². The Kier molecular flexibility index (Phi) is 2.38. The molecule has 94 valence electrons. The summed E-state index contributed by atoms with van der Waals surface area (Å²) in [4.78, 5) is 28.3. The zero-order valence-corrected chi connectivity index (χ0v) is 9.61. The average molecular weight is 256 g/mol. The molecule has 7 nitrogen and oxygen atoms in total. The van der Waals surface area contributed by atoms with Gasteiger partial charge in [0.25, 0.3) is 5.69 Å². The van der Waals surface area contributed by atoms with Crippen molar-refractivity contribution in [2.75, 3.05) is 0 Å². The molecule has 0 unspecified atom stereocenters. The summed E-state index contributed by atoms with van der Waals surface area (Å²) < 4.78 is 1.56. The number of nitrogens with zero attached hydrogens (tertiary/aromatic N) is 3. The third-order valence-electron chi connectivity index (χ3n) is 2.80. The lowest BCUT2D eigenvalue weighted by atomic mass is 10.1. The van der Waals surface area contributed by atoms with Crippen LogP contribution in [0.5, 0.6) is 0 Å². The molecular weight excluding hydrogens is 248 g/mol. The normalized spacial score (nSPS) is 10.7. The minimum Gasteiger partial charge on any atom is -0.322 e. The summed E-state index contributed by atoms with van der Waals surface area (Å²) >= 11 is 0. The van der Waals surface area contributed by atoms with Gasteiger partial charge in [-0.25, -0.2) is 4.98 Å². The Bertz CT molecular complexity index is 821. The number of benzene rings is 1. The summed E-state index contributed by atoms with van der Waals surface area (Å²) in [5, 5.41) is 11.8. The molecule has 7 heteroatoms. The molecule has 0 radical (unpaired) electrons. The maximum absolute atomic E-state index is 11.2. The van der Waals surface area contributed by atoms with Gasteiger partial charge in [-0.15, -0.1) is 0 Å². The van der Waals surface area contributed by atoms with Crippen molar-refractivity contribution in [3.8, 4) is 5.69 Å². The van der Waals surface area contributed by atoms with Crippen LogP contribution in [-0.4, -0.2) is 19.5 Å². The van der Waals surface area contributed by atoms with Gasteiger partial charge in [-0.3, -0.25) is 14.9 Å². The van der Waals surface area contributed by atoms with E-state index in [1.54, 1.807) is 29.1 Å². The molecule has 0 amide bonds.